The molecule has 2 amide bonds. The number of nitrogens with one attached hydrogen (secondary N) is 2. The molecule has 2 aromatic carbocycles. The summed E-state index contributed by atoms with van der Waals surface area (Å²) in [7, 11) is 1.39. The third kappa shape index (κ3) is 6.59. The number of carboxylic acid groups (broad SMARTS) is 1. The van der Waals surface area contributed by atoms with Crippen LogP contribution in [0.5, 0.6) is 0 Å². The Hall–Kier alpha value is -1.99. The van der Waals surface area contributed by atoms with E-state index in [4.69, 9.17) is 16.7 Å². The summed E-state index contributed by atoms with van der Waals surface area (Å²) < 4.78 is 0.825. The monoisotopic (exact) mass is 472 g/mol. The van der Waals surface area contributed by atoms with Crippen LogP contribution in [-0.4, -0.2) is 48.5 Å². The molecule has 0 heterocycles. The molecule has 9 heteroatoms. The second kappa shape index (κ2) is 10.4. The number of amides is 2. The Morgan fingerprint density at radius 3 is 2.48 bits per heavy atom. The number of benzene rings is 2. The van der Waals surface area contributed by atoms with Crippen LogP contribution in [0.2, 0.25) is 5.02 Å². The van der Waals surface area contributed by atoms with Crippen molar-refractivity contribution >= 4 is 63.5 Å². The van der Waals surface area contributed by atoms with Crippen LogP contribution in [0.3, 0.4) is 0 Å². The summed E-state index contributed by atoms with van der Waals surface area (Å²) in [6, 6.07) is 13.1. The number of hydrogen-bond acceptors (Lipinski definition) is 4. The first kappa shape index (κ1) is 21.3. The van der Waals surface area contributed by atoms with Gasteiger partial charge < -0.3 is 0 Å². The molecule has 2 rings (SSSR count). The number of carbonyl (C=O) groups excluding carboxylic acids is 2. The van der Waals surface area contributed by atoms with E-state index in [1.807, 2.05) is 12.1 Å². The molecule has 0 unspecified atom stereocenters. The van der Waals surface area contributed by atoms with E-state index < -0.39 is 17.9 Å². The van der Waals surface area contributed by atoms with Gasteiger partial charge in [0.1, 0.15) is 0 Å². The van der Waals surface area contributed by atoms with Gasteiger partial charge in [0.25, 0.3) is 0 Å². The Morgan fingerprint density at radius 1 is 1.15 bits per heavy atom. The number of para-hydroxylation sites is 1. The molecular weight excluding hydrogens is 455 g/mol. The van der Waals surface area contributed by atoms with E-state index >= 15 is 0 Å². The molecule has 142 valence electrons. The SMILES string of the molecule is CC(=O)N[C@@H](CS[Se]c1ccccc1C(=O)Nc1ccccc1Cl)C(=O)O. The average Bonchev–Trinajstić information content (AvgIpc) is 2.62. The Labute approximate surface area is 171 Å². The van der Waals surface area contributed by atoms with Crippen LogP contribution in [0.15, 0.2) is 48.5 Å². The molecule has 27 heavy (non-hydrogen) atoms. The van der Waals surface area contributed by atoms with Gasteiger partial charge >= 0.3 is 172 Å². The number of halogens is 1. The van der Waals surface area contributed by atoms with Crippen LogP contribution < -0.4 is 15.1 Å². The van der Waals surface area contributed by atoms with Crippen LogP contribution in [-0.2, 0) is 9.59 Å². The fraction of sp³-hybridized carbons (Fsp3) is 0.167. The number of rotatable bonds is 8. The molecule has 0 bridgehead atoms. The van der Waals surface area contributed by atoms with Gasteiger partial charge in [0.15, 0.2) is 0 Å². The van der Waals surface area contributed by atoms with Crippen molar-refractivity contribution in [1.29, 1.82) is 0 Å². The third-order valence-electron chi connectivity index (χ3n) is 3.31. The molecule has 0 spiro atoms. The van der Waals surface area contributed by atoms with E-state index in [0.29, 0.717) is 16.3 Å². The van der Waals surface area contributed by atoms with Gasteiger partial charge in [-0.2, -0.15) is 0 Å². The van der Waals surface area contributed by atoms with Crippen molar-refractivity contribution in [3.63, 3.8) is 0 Å². The fourth-order valence-electron chi connectivity index (χ4n) is 2.06. The molecule has 0 aliphatic heterocycles. The quantitative estimate of drug-likeness (QED) is 0.513. The molecule has 1 atom stereocenters. The molecule has 0 fully saturated rings. The first-order chi connectivity index (χ1) is 12.9. The van der Waals surface area contributed by atoms with E-state index in [1.165, 1.54) is 17.1 Å². The standard InChI is InChI=1S/C18H17ClN2O4SSe/c1-11(22)20-15(18(24)25)10-26-27-16-9-5-2-6-12(16)17(23)21-14-8-4-3-7-13(14)19/h2-9,15H,10H2,1H3,(H,20,22)(H,21,23)(H,24,25)/t15-/m0/s1. The first-order valence-electron chi connectivity index (χ1n) is 7.82. The van der Waals surface area contributed by atoms with Crippen molar-refractivity contribution in [3.8, 4) is 0 Å². The van der Waals surface area contributed by atoms with Crippen molar-refractivity contribution in [2.75, 3.05) is 11.1 Å². The van der Waals surface area contributed by atoms with Crippen molar-refractivity contribution in [2.24, 2.45) is 0 Å². The molecule has 6 nitrogen and oxygen atoms in total. The Bertz CT molecular complexity index is 850. The predicted molar refractivity (Wildman–Crippen MR) is 109 cm³/mol. The maximum absolute atomic E-state index is 12.6. The fourth-order valence-corrected chi connectivity index (χ4v) is 6.45. The summed E-state index contributed by atoms with van der Waals surface area (Å²) in [6.07, 6.45) is 0. The van der Waals surface area contributed by atoms with E-state index in [-0.39, 0.29) is 25.5 Å². The van der Waals surface area contributed by atoms with E-state index in [2.05, 4.69) is 10.6 Å². The van der Waals surface area contributed by atoms with E-state index in [9.17, 15) is 14.4 Å². The van der Waals surface area contributed by atoms with Gasteiger partial charge in [-0.15, -0.1) is 0 Å². The normalized spacial score (nSPS) is 11.5. The molecule has 0 radical (unpaired) electrons. The molecule has 0 saturated heterocycles. The van der Waals surface area contributed by atoms with Gasteiger partial charge in [0.05, 0.1) is 0 Å². The van der Waals surface area contributed by atoms with Crippen molar-refractivity contribution < 1.29 is 19.5 Å². The van der Waals surface area contributed by atoms with Crippen molar-refractivity contribution in [2.45, 2.75) is 13.0 Å². The zero-order valence-electron chi connectivity index (χ0n) is 14.3. The maximum atomic E-state index is 12.6. The van der Waals surface area contributed by atoms with Crippen molar-refractivity contribution in [1.82, 2.24) is 5.32 Å². The second-order valence-corrected chi connectivity index (χ2v) is 9.99. The van der Waals surface area contributed by atoms with Crippen LogP contribution >= 0.6 is 21.8 Å². The van der Waals surface area contributed by atoms with Gasteiger partial charge in [-0.1, -0.05) is 0 Å². The predicted octanol–water partition coefficient (Wildman–Crippen LogP) is 2.16. The molecule has 3 N–H and O–H groups in total. The second-order valence-electron chi connectivity index (χ2n) is 5.39. The Kier molecular flexibility index (Phi) is 8.19. The van der Waals surface area contributed by atoms with Crippen LogP contribution in [0.25, 0.3) is 0 Å². The zero-order valence-corrected chi connectivity index (χ0v) is 17.6. The van der Waals surface area contributed by atoms with E-state index in [1.54, 1.807) is 36.4 Å². The number of hydrogen-bond donors (Lipinski definition) is 3. The summed E-state index contributed by atoms with van der Waals surface area (Å²) in [4.78, 5) is 34.9. The molecular formula is C18H17ClN2O4SSe. The van der Waals surface area contributed by atoms with Crippen LogP contribution in [0.4, 0.5) is 5.69 Å². The summed E-state index contributed by atoms with van der Waals surface area (Å²) in [5.41, 5.74) is 1.03. The summed E-state index contributed by atoms with van der Waals surface area (Å²) in [5.74, 6) is -1.54. The van der Waals surface area contributed by atoms with Gasteiger partial charge in [0, 0.05) is 0 Å². The molecule has 2 aromatic rings. The first-order valence-corrected chi connectivity index (χ1v) is 12.1. The Balaban J connectivity index is 2.04. The summed E-state index contributed by atoms with van der Waals surface area (Å²) >= 11 is 5.87. The van der Waals surface area contributed by atoms with Gasteiger partial charge in [-0.25, -0.2) is 0 Å². The van der Waals surface area contributed by atoms with Gasteiger partial charge in [-0.05, 0) is 0 Å². The number of carboxylic acids is 1. The Morgan fingerprint density at radius 2 is 1.81 bits per heavy atom. The van der Waals surface area contributed by atoms with Crippen LogP contribution in [0.1, 0.15) is 17.3 Å². The molecule has 0 saturated carbocycles. The molecule has 0 aliphatic carbocycles. The molecule has 0 aromatic heterocycles. The minimum atomic E-state index is -1.08. The number of carbonyl (C=O) groups is 3. The van der Waals surface area contributed by atoms with E-state index in [0.717, 1.165) is 4.46 Å². The van der Waals surface area contributed by atoms with Gasteiger partial charge in [0.2, 0.25) is 0 Å². The minimum absolute atomic E-state index is 0.208. The number of aliphatic carboxylic acids is 1. The summed E-state index contributed by atoms with van der Waals surface area (Å²) in [5, 5.41) is 14.8. The zero-order chi connectivity index (χ0) is 19.8. The topological polar surface area (TPSA) is 95.5 Å². The van der Waals surface area contributed by atoms with Crippen molar-refractivity contribution in [3.05, 3.63) is 59.1 Å². The number of anilines is 1. The molecule has 0 aliphatic rings. The average molecular weight is 472 g/mol. The summed E-state index contributed by atoms with van der Waals surface area (Å²) in [6.45, 7) is 1.28. The third-order valence-corrected chi connectivity index (χ3v) is 7.88. The van der Waals surface area contributed by atoms with Crippen LogP contribution in [0, 0.1) is 0 Å². The van der Waals surface area contributed by atoms with Gasteiger partial charge in [-0.3, -0.25) is 0 Å².